The second-order valence-corrected chi connectivity index (χ2v) is 17.1. The fourth-order valence-electron chi connectivity index (χ4n) is 10.5. The molecule has 9 atom stereocenters. The Morgan fingerprint density at radius 2 is 1.59 bits per heavy atom. The fraction of sp³-hybridized carbons (Fsp3) is 0.861. The molecule has 0 aromatic heterocycles. The smallest absolute Gasteiger partial charge is 0.309 e. The van der Waals surface area contributed by atoms with Gasteiger partial charge in [-0.1, -0.05) is 52.7 Å². The molecule has 44 heavy (non-hydrogen) atoms. The molecule has 4 aliphatic carbocycles. The molecule has 4 aliphatic rings. The molecule has 2 saturated carbocycles. The number of carboxylic acid groups (broad SMARTS) is 1. The van der Waals surface area contributed by atoms with Crippen molar-refractivity contribution >= 4 is 17.7 Å². The molecule has 0 radical (unpaired) electrons. The van der Waals surface area contributed by atoms with E-state index in [-0.39, 0.29) is 27.9 Å². The summed E-state index contributed by atoms with van der Waals surface area (Å²) in [4.78, 5) is 37.9. The third-order valence-corrected chi connectivity index (χ3v) is 13.2. The van der Waals surface area contributed by atoms with E-state index in [9.17, 15) is 29.7 Å². The molecule has 0 aromatic carbocycles. The minimum absolute atomic E-state index is 0.0235. The van der Waals surface area contributed by atoms with Crippen molar-refractivity contribution in [3.8, 4) is 0 Å². The Morgan fingerprint density at radius 1 is 0.955 bits per heavy atom. The second-order valence-electron chi connectivity index (χ2n) is 17.1. The molecule has 4 rings (SSSR count). The van der Waals surface area contributed by atoms with E-state index in [0.29, 0.717) is 24.7 Å². The molecule has 0 aromatic rings. The number of ether oxygens (including phenoxy) is 1. The van der Waals surface area contributed by atoms with Crippen LogP contribution in [0.25, 0.3) is 0 Å². The number of aliphatic hydroxyl groups is 3. The van der Waals surface area contributed by atoms with Crippen molar-refractivity contribution in [1.82, 2.24) is 0 Å². The summed E-state index contributed by atoms with van der Waals surface area (Å²) < 4.78 is 5.80. The van der Waals surface area contributed by atoms with Gasteiger partial charge in [0, 0.05) is 11.8 Å². The molecular weight excluding hydrogens is 560 g/mol. The molecular formula is C36H58O8. The number of fused-ring (bicyclic) bond motifs is 4. The van der Waals surface area contributed by atoms with Crippen LogP contribution < -0.4 is 0 Å². The SMILES string of the molecule is C[C@H](CC[C@H](O)C(C)(C)O)[C@H]1CC[C@@]2(C)C3=C(CC[C@]12C)[C@@]1(C)C[C@@H](OC(=O)C[C@@](C)(O)CC(=O)O)C(=O)C(C)(C)[C@@H]1CC3. The fourth-order valence-corrected chi connectivity index (χ4v) is 10.5. The van der Waals surface area contributed by atoms with Gasteiger partial charge in [-0.2, -0.15) is 0 Å². The summed E-state index contributed by atoms with van der Waals surface area (Å²) in [6.07, 6.45) is 5.21. The summed E-state index contributed by atoms with van der Waals surface area (Å²) in [6.45, 7) is 18.1. The minimum Gasteiger partial charge on any atom is -0.481 e. The Bertz CT molecular complexity index is 1190. The van der Waals surface area contributed by atoms with Gasteiger partial charge in [0.1, 0.15) is 0 Å². The third-order valence-electron chi connectivity index (χ3n) is 13.2. The predicted octanol–water partition coefficient (Wildman–Crippen LogP) is 5.99. The molecule has 0 bridgehead atoms. The Labute approximate surface area is 264 Å². The van der Waals surface area contributed by atoms with E-state index in [4.69, 9.17) is 9.84 Å². The van der Waals surface area contributed by atoms with E-state index in [1.807, 2.05) is 13.8 Å². The molecule has 0 amide bonds. The first-order valence-corrected chi connectivity index (χ1v) is 16.8. The van der Waals surface area contributed by atoms with Crippen molar-refractivity contribution < 1.29 is 39.5 Å². The van der Waals surface area contributed by atoms with Gasteiger partial charge >= 0.3 is 11.9 Å². The van der Waals surface area contributed by atoms with Gasteiger partial charge in [-0.15, -0.1) is 0 Å². The van der Waals surface area contributed by atoms with Crippen molar-refractivity contribution in [2.45, 2.75) is 156 Å². The van der Waals surface area contributed by atoms with Crippen molar-refractivity contribution in [3.05, 3.63) is 11.1 Å². The number of esters is 1. The maximum atomic E-state index is 13.8. The predicted molar refractivity (Wildman–Crippen MR) is 168 cm³/mol. The minimum atomic E-state index is -1.76. The van der Waals surface area contributed by atoms with E-state index in [1.54, 1.807) is 13.8 Å². The van der Waals surface area contributed by atoms with Crippen molar-refractivity contribution in [3.63, 3.8) is 0 Å². The van der Waals surface area contributed by atoms with E-state index in [1.165, 1.54) is 18.1 Å². The monoisotopic (exact) mass is 618 g/mol. The number of carboxylic acids is 1. The van der Waals surface area contributed by atoms with Gasteiger partial charge in [-0.05, 0) is 106 Å². The maximum Gasteiger partial charge on any atom is 0.309 e. The van der Waals surface area contributed by atoms with Crippen molar-refractivity contribution in [2.75, 3.05) is 0 Å². The summed E-state index contributed by atoms with van der Waals surface area (Å²) in [5.41, 5.74) is -0.765. The average Bonchev–Trinajstić information content (AvgIpc) is 3.15. The topological polar surface area (TPSA) is 141 Å². The highest BCUT2D eigenvalue weighted by atomic mass is 16.5. The number of hydrogen-bond donors (Lipinski definition) is 4. The van der Waals surface area contributed by atoms with Crippen LogP contribution in [-0.4, -0.2) is 61.6 Å². The van der Waals surface area contributed by atoms with E-state index in [2.05, 4.69) is 27.7 Å². The lowest BCUT2D eigenvalue weighted by Gasteiger charge is -2.61. The number of Topliss-reactive ketones (excluding diaryl/α,β-unsaturated/α-hetero) is 1. The summed E-state index contributed by atoms with van der Waals surface area (Å²) >= 11 is 0. The number of ketones is 1. The molecule has 0 saturated heterocycles. The first-order chi connectivity index (χ1) is 20.0. The standard InChI is InChI=1S/C36H58O8/c1-21(10-13-27(37)32(4,5)42)22-14-16-36(9)24-11-12-26-31(2,3)30(41)25(44-29(40)20-33(6,43)19-28(38)39)18-34(26,7)23(24)15-17-35(22,36)8/h21-22,25-27,37,42-43H,10-20H2,1-9H3,(H,38,39)/t21-,22-,25-,26+,27+,33+,34-,35-,36+/m1/s1. The number of rotatable bonds is 10. The van der Waals surface area contributed by atoms with Gasteiger partial charge < -0.3 is 25.2 Å². The molecule has 2 fully saturated rings. The molecule has 0 spiro atoms. The van der Waals surface area contributed by atoms with Gasteiger partial charge in [0.05, 0.1) is 30.1 Å². The van der Waals surface area contributed by atoms with Crippen LogP contribution in [0.1, 0.15) is 133 Å². The van der Waals surface area contributed by atoms with E-state index < -0.39 is 53.6 Å². The summed E-state index contributed by atoms with van der Waals surface area (Å²) in [5.74, 6) is -0.992. The Balaban J connectivity index is 1.60. The Kier molecular flexibility index (Phi) is 9.16. The molecule has 0 aliphatic heterocycles. The van der Waals surface area contributed by atoms with Crippen LogP contribution in [0.2, 0.25) is 0 Å². The number of allylic oxidation sites excluding steroid dienone is 2. The zero-order valence-corrected chi connectivity index (χ0v) is 28.6. The highest BCUT2D eigenvalue weighted by Gasteiger charge is 2.65. The largest absolute Gasteiger partial charge is 0.481 e. The van der Waals surface area contributed by atoms with Gasteiger partial charge in [-0.3, -0.25) is 14.4 Å². The second kappa shape index (κ2) is 11.5. The molecule has 8 heteroatoms. The van der Waals surface area contributed by atoms with Crippen LogP contribution in [0.15, 0.2) is 11.1 Å². The first kappa shape index (κ1) is 35.1. The van der Waals surface area contributed by atoms with Crippen LogP contribution in [0, 0.1) is 39.4 Å². The Hall–Kier alpha value is -1.77. The lowest BCUT2D eigenvalue weighted by atomic mass is 9.43. The maximum absolute atomic E-state index is 13.8. The van der Waals surface area contributed by atoms with Crippen LogP contribution >= 0.6 is 0 Å². The van der Waals surface area contributed by atoms with E-state index >= 15 is 0 Å². The van der Waals surface area contributed by atoms with Crippen LogP contribution in [0.4, 0.5) is 0 Å². The highest BCUT2D eigenvalue weighted by molar-refractivity contribution is 5.92. The van der Waals surface area contributed by atoms with Crippen LogP contribution in [0.5, 0.6) is 0 Å². The number of aliphatic carboxylic acids is 1. The zero-order chi connectivity index (χ0) is 33.3. The zero-order valence-electron chi connectivity index (χ0n) is 28.6. The average molecular weight is 619 g/mol. The number of carbonyl (C=O) groups is 3. The van der Waals surface area contributed by atoms with Crippen LogP contribution in [-0.2, 0) is 19.1 Å². The molecule has 0 unspecified atom stereocenters. The normalized spacial score (nSPS) is 37.7. The van der Waals surface area contributed by atoms with Crippen molar-refractivity contribution in [2.24, 2.45) is 39.4 Å². The van der Waals surface area contributed by atoms with E-state index in [0.717, 1.165) is 44.9 Å². The molecule has 4 N–H and O–H groups in total. The molecule has 0 heterocycles. The summed E-state index contributed by atoms with van der Waals surface area (Å²) in [6, 6.07) is 0. The molecule has 8 nitrogen and oxygen atoms in total. The van der Waals surface area contributed by atoms with Crippen molar-refractivity contribution in [1.29, 1.82) is 0 Å². The quantitative estimate of drug-likeness (QED) is 0.173. The first-order valence-electron chi connectivity index (χ1n) is 16.8. The van der Waals surface area contributed by atoms with Gasteiger partial charge in [0.15, 0.2) is 11.9 Å². The lowest BCUT2D eigenvalue weighted by Crippen LogP contribution is -2.58. The third kappa shape index (κ3) is 5.92. The highest BCUT2D eigenvalue weighted by Crippen LogP contribution is 2.72. The lowest BCUT2D eigenvalue weighted by molar-refractivity contribution is -0.174. The number of hydrogen-bond acceptors (Lipinski definition) is 7. The van der Waals surface area contributed by atoms with Crippen LogP contribution in [0.3, 0.4) is 0 Å². The van der Waals surface area contributed by atoms with Gasteiger partial charge in [0.25, 0.3) is 0 Å². The Morgan fingerprint density at radius 3 is 2.18 bits per heavy atom. The molecule has 250 valence electrons. The summed E-state index contributed by atoms with van der Waals surface area (Å²) in [5, 5.41) is 40.3. The summed E-state index contributed by atoms with van der Waals surface area (Å²) in [7, 11) is 0. The van der Waals surface area contributed by atoms with Gasteiger partial charge in [0.2, 0.25) is 0 Å². The number of carbonyl (C=O) groups excluding carboxylic acids is 2. The number of aliphatic hydroxyl groups excluding tert-OH is 1. The van der Waals surface area contributed by atoms with Gasteiger partial charge in [-0.25, -0.2) is 0 Å².